The van der Waals surface area contributed by atoms with Crippen LogP contribution in [0, 0.1) is 5.82 Å². The predicted molar refractivity (Wildman–Crippen MR) is 96.6 cm³/mol. The third-order valence-electron chi connectivity index (χ3n) is 3.74. The van der Waals surface area contributed by atoms with E-state index in [4.69, 9.17) is 4.74 Å². The molecule has 127 valence electrons. The first-order valence-corrected chi connectivity index (χ1v) is 7.91. The zero-order valence-electron chi connectivity index (χ0n) is 14.3. The fraction of sp³-hybridized carbons (Fsp3) is 0.211. The molecule has 0 aliphatic rings. The predicted octanol–water partition coefficient (Wildman–Crippen LogP) is 3.47. The minimum absolute atomic E-state index is 0.313. The summed E-state index contributed by atoms with van der Waals surface area (Å²) in [4.78, 5) is 12.6. The van der Waals surface area contributed by atoms with Crippen molar-refractivity contribution in [1.82, 2.24) is 4.57 Å². The molecule has 0 spiro atoms. The van der Waals surface area contributed by atoms with Gasteiger partial charge in [0.2, 0.25) is 0 Å². The van der Waals surface area contributed by atoms with Gasteiger partial charge >= 0.3 is 13.6 Å². The van der Waals surface area contributed by atoms with E-state index in [-0.39, 0.29) is 5.82 Å². The molecule has 0 fully saturated rings. The van der Waals surface area contributed by atoms with Crippen LogP contribution in [0.5, 0.6) is 0 Å². The van der Waals surface area contributed by atoms with Gasteiger partial charge in [-0.1, -0.05) is 24.3 Å². The number of ether oxygens (including phenoxy) is 1. The SMILES string of the molecule is CC(C)(C)OC(=O)n1c([B]O)cc2c(-c3ccc(F)cc3)cccc21. The Morgan fingerprint density at radius 1 is 1.16 bits per heavy atom. The van der Waals surface area contributed by atoms with Gasteiger partial charge in [-0.05, 0) is 56.2 Å². The summed E-state index contributed by atoms with van der Waals surface area (Å²) in [5.74, 6) is -0.313. The number of hydrogen-bond acceptors (Lipinski definition) is 3. The zero-order chi connectivity index (χ0) is 18.2. The number of hydrogen-bond donors (Lipinski definition) is 1. The first-order chi connectivity index (χ1) is 11.8. The summed E-state index contributed by atoms with van der Waals surface area (Å²) in [6, 6.07) is 13.3. The molecule has 1 N–H and O–H groups in total. The molecule has 3 aromatic rings. The molecule has 0 bridgehead atoms. The van der Waals surface area contributed by atoms with Crippen molar-refractivity contribution in [2.45, 2.75) is 26.4 Å². The topological polar surface area (TPSA) is 51.5 Å². The maximum absolute atomic E-state index is 13.2. The Balaban J connectivity index is 2.18. The lowest BCUT2D eigenvalue weighted by Gasteiger charge is -2.20. The van der Waals surface area contributed by atoms with E-state index in [1.54, 1.807) is 45.0 Å². The number of nitrogens with zero attached hydrogens (tertiary/aromatic N) is 1. The molecule has 0 saturated heterocycles. The molecular weight excluding hydrogens is 320 g/mol. The van der Waals surface area contributed by atoms with Crippen LogP contribution in [0.3, 0.4) is 0 Å². The molecule has 6 heteroatoms. The summed E-state index contributed by atoms with van der Waals surface area (Å²) in [5, 5.41) is 10.3. The average Bonchev–Trinajstić information content (AvgIpc) is 2.92. The Morgan fingerprint density at radius 2 is 1.84 bits per heavy atom. The van der Waals surface area contributed by atoms with Gasteiger partial charge in [0.1, 0.15) is 11.4 Å². The van der Waals surface area contributed by atoms with Crippen molar-refractivity contribution >= 4 is 30.1 Å². The monoisotopic (exact) mass is 338 g/mol. The van der Waals surface area contributed by atoms with Gasteiger partial charge in [-0.15, -0.1) is 0 Å². The van der Waals surface area contributed by atoms with Gasteiger partial charge in [-0.3, -0.25) is 4.57 Å². The molecule has 4 nitrogen and oxygen atoms in total. The van der Waals surface area contributed by atoms with Crippen LogP contribution in [-0.4, -0.2) is 28.8 Å². The first-order valence-electron chi connectivity index (χ1n) is 7.91. The van der Waals surface area contributed by atoms with Crippen molar-refractivity contribution in [3.63, 3.8) is 0 Å². The fourth-order valence-corrected chi connectivity index (χ4v) is 2.74. The van der Waals surface area contributed by atoms with Crippen molar-refractivity contribution in [2.75, 3.05) is 0 Å². The molecule has 0 saturated carbocycles. The van der Waals surface area contributed by atoms with Gasteiger partial charge in [-0.2, -0.15) is 0 Å². The number of aromatic nitrogens is 1. The largest absolute Gasteiger partial charge is 0.449 e. The minimum atomic E-state index is -0.658. The van der Waals surface area contributed by atoms with Gasteiger partial charge in [0.15, 0.2) is 0 Å². The summed E-state index contributed by atoms with van der Waals surface area (Å²) in [6.07, 6.45) is -0.570. The summed E-state index contributed by atoms with van der Waals surface area (Å²) in [7, 11) is 0.873. The standard InChI is InChI=1S/C19H18BFNO3/c1-19(2,3)25-18(23)22-16-6-4-5-14(15(16)11-17(22)20-24)12-7-9-13(21)10-8-12/h4-11,24H,1-3H3. The van der Waals surface area contributed by atoms with Crippen LogP contribution in [0.2, 0.25) is 0 Å². The van der Waals surface area contributed by atoms with E-state index in [0.29, 0.717) is 11.1 Å². The van der Waals surface area contributed by atoms with Crippen LogP contribution in [0.15, 0.2) is 48.5 Å². The maximum atomic E-state index is 13.2. The van der Waals surface area contributed by atoms with Crippen molar-refractivity contribution in [3.05, 3.63) is 54.3 Å². The molecule has 0 atom stereocenters. The highest BCUT2D eigenvalue weighted by molar-refractivity contribution is 6.46. The van der Waals surface area contributed by atoms with E-state index < -0.39 is 11.7 Å². The smallest absolute Gasteiger partial charge is 0.418 e. The fourth-order valence-electron chi connectivity index (χ4n) is 2.74. The van der Waals surface area contributed by atoms with Crippen LogP contribution in [0.25, 0.3) is 22.0 Å². The molecule has 0 aliphatic carbocycles. The molecule has 25 heavy (non-hydrogen) atoms. The lowest BCUT2D eigenvalue weighted by Crippen LogP contribution is -2.34. The summed E-state index contributed by atoms with van der Waals surface area (Å²) < 4.78 is 20.0. The first kappa shape index (κ1) is 17.2. The van der Waals surface area contributed by atoms with Crippen LogP contribution in [0.4, 0.5) is 9.18 Å². The van der Waals surface area contributed by atoms with E-state index in [2.05, 4.69) is 0 Å². The Kier molecular flexibility index (Phi) is 4.39. The molecule has 3 rings (SSSR count). The lowest BCUT2D eigenvalue weighted by molar-refractivity contribution is 0.0549. The Labute approximate surface area is 146 Å². The Hall–Kier alpha value is -2.60. The highest BCUT2D eigenvalue weighted by atomic mass is 19.1. The highest BCUT2D eigenvalue weighted by Crippen LogP contribution is 2.29. The number of benzene rings is 2. The van der Waals surface area contributed by atoms with Crippen LogP contribution < -0.4 is 5.59 Å². The molecule has 0 aliphatic heterocycles. The van der Waals surface area contributed by atoms with Crippen molar-refractivity contribution in [1.29, 1.82) is 0 Å². The number of halogens is 1. The minimum Gasteiger partial charge on any atom is -0.449 e. The summed E-state index contributed by atoms with van der Waals surface area (Å²) in [5.41, 5.74) is 1.92. The highest BCUT2D eigenvalue weighted by Gasteiger charge is 2.23. The molecule has 1 heterocycles. The van der Waals surface area contributed by atoms with E-state index in [9.17, 15) is 14.2 Å². The molecule has 0 amide bonds. The third-order valence-corrected chi connectivity index (χ3v) is 3.74. The second kappa shape index (κ2) is 6.37. The van der Waals surface area contributed by atoms with Crippen LogP contribution >= 0.6 is 0 Å². The Morgan fingerprint density at radius 3 is 2.44 bits per heavy atom. The quantitative estimate of drug-likeness (QED) is 0.728. The second-order valence-corrected chi connectivity index (χ2v) is 6.76. The van der Waals surface area contributed by atoms with E-state index in [0.717, 1.165) is 24.0 Å². The van der Waals surface area contributed by atoms with Gasteiger partial charge in [0.25, 0.3) is 0 Å². The van der Waals surface area contributed by atoms with Gasteiger partial charge in [0.05, 0.1) is 5.52 Å². The molecule has 2 aromatic carbocycles. The number of rotatable bonds is 2. The molecule has 1 radical (unpaired) electrons. The van der Waals surface area contributed by atoms with E-state index in [1.807, 2.05) is 12.1 Å². The lowest BCUT2D eigenvalue weighted by atomic mass is 9.95. The van der Waals surface area contributed by atoms with Crippen LogP contribution in [-0.2, 0) is 4.74 Å². The van der Waals surface area contributed by atoms with Gasteiger partial charge in [-0.25, -0.2) is 9.18 Å². The molecule has 0 unspecified atom stereocenters. The normalized spacial score (nSPS) is 11.6. The Bertz CT molecular complexity index is 926. The summed E-state index contributed by atoms with van der Waals surface area (Å²) >= 11 is 0. The molecular formula is C19H18BFNO3. The van der Waals surface area contributed by atoms with Crippen molar-refractivity contribution < 1.29 is 18.9 Å². The molecule has 1 aromatic heterocycles. The third kappa shape index (κ3) is 3.44. The second-order valence-electron chi connectivity index (χ2n) is 6.76. The van der Waals surface area contributed by atoms with Crippen molar-refractivity contribution in [2.24, 2.45) is 0 Å². The average molecular weight is 338 g/mol. The number of fused-ring (bicyclic) bond motifs is 1. The van der Waals surface area contributed by atoms with Gasteiger partial charge < -0.3 is 9.76 Å². The van der Waals surface area contributed by atoms with E-state index >= 15 is 0 Å². The number of carbonyl (C=O) groups excluding carboxylic acids is 1. The van der Waals surface area contributed by atoms with E-state index in [1.165, 1.54) is 16.7 Å². The number of carbonyl (C=O) groups is 1. The van der Waals surface area contributed by atoms with Gasteiger partial charge in [0, 0.05) is 11.0 Å². The maximum Gasteiger partial charge on any atom is 0.418 e. The zero-order valence-corrected chi connectivity index (χ0v) is 14.3. The van der Waals surface area contributed by atoms with Crippen LogP contribution in [0.1, 0.15) is 20.8 Å². The summed E-state index contributed by atoms with van der Waals surface area (Å²) in [6.45, 7) is 5.34. The van der Waals surface area contributed by atoms with Crippen molar-refractivity contribution in [3.8, 4) is 11.1 Å².